The van der Waals surface area contributed by atoms with Crippen molar-refractivity contribution in [1.82, 2.24) is 9.88 Å². The molecule has 0 fully saturated rings. The summed E-state index contributed by atoms with van der Waals surface area (Å²) in [6, 6.07) is 24.8. The van der Waals surface area contributed by atoms with E-state index in [9.17, 15) is 9.59 Å². The van der Waals surface area contributed by atoms with Gasteiger partial charge in [-0.05, 0) is 30.7 Å². The molecule has 0 saturated carbocycles. The number of carbonyl (C=O) groups is 2. The summed E-state index contributed by atoms with van der Waals surface area (Å²) in [4.78, 5) is 33.5. The third kappa shape index (κ3) is 5.10. The van der Waals surface area contributed by atoms with E-state index in [2.05, 4.69) is 22.3 Å². The first-order valence-corrected chi connectivity index (χ1v) is 12.3. The zero-order valence-electron chi connectivity index (χ0n) is 19.9. The van der Waals surface area contributed by atoms with Crippen LogP contribution < -0.4 is 5.32 Å². The number of nitrogens with one attached hydrogen (secondary N) is 1. The number of ether oxygens (including phenoxy) is 1. The maximum atomic E-state index is 13.6. The van der Waals surface area contributed by atoms with Gasteiger partial charge in [-0.3, -0.25) is 14.7 Å². The molecule has 4 aromatic rings. The Morgan fingerprint density at radius 3 is 2.56 bits per heavy atom. The van der Waals surface area contributed by atoms with Crippen LogP contribution >= 0.6 is 11.6 Å². The molecule has 0 radical (unpaired) electrons. The molecule has 36 heavy (non-hydrogen) atoms. The first-order chi connectivity index (χ1) is 17.5. The van der Waals surface area contributed by atoms with E-state index in [1.165, 1.54) is 5.56 Å². The maximum Gasteiger partial charge on any atom is 0.339 e. The van der Waals surface area contributed by atoms with Gasteiger partial charge < -0.3 is 10.1 Å². The quantitative estimate of drug-likeness (QED) is 0.348. The molecule has 1 atom stereocenters. The molecule has 1 N–H and O–H groups in total. The van der Waals surface area contributed by atoms with Crippen LogP contribution in [-0.4, -0.2) is 34.4 Å². The molecule has 6 nitrogen and oxygen atoms in total. The number of benzene rings is 3. The summed E-state index contributed by atoms with van der Waals surface area (Å²) >= 11 is 6.16. The molecule has 0 saturated heterocycles. The highest BCUT2D eigenvalue weighted by Crippen LogP contribution is 2.30. The third-order valence-electron chi connectivity index (χ3n) is 6.36. The lowest BCUT2D eigenvalue weighted by Crippen LogP contribution is -2.34. The summed E-state index contributed by atoms with van der Waals surface area (Å²) in [6.45, 7) is 3.75. The van der Waals surface area contributed by atoms with E-state index in [1.54, 1.807) is 31.2 Å². The van der Waals surface area contributed by atoms with Crippen molar-refractivity contribution in [3.8, 4) is 0 Å². The monoisotopic (exact) mass is 499 g/mol. The van der Waals surface area contributed by atoms with Gasteiger partial charge >= 0.3 is 5.97 Å². The van der Waals surface area contributed by atoms with Gasteiger partial charge in [0, 0.05) is 42.7 Å². The largest absolute Gasteiger partial charge is 0.449 e. The Hall–Kier alpha value is -3.74. The predicted molar refractivity (Wildman–Crippen MR) is 141 cm³/mol. The Kier molecular flexibility index (Phi) is 6.98. The second kappa shape index (κ2) is 10.5. The molecule has 1 unspecified atom stereocenters. The molecule has 3 aromatic carbocycles. The van der Waals surface area contributed by atoms with Crippen LogP contribution in [0.4, 0.5) is 5.69 Å². The Labute approximate surface area is 214 Å². The number of fused-ring (bicyclic) bond motifs is 2. The number of rotatable bonds is 6. The minimum absolute atomic E-state index is 0.414. The van der Waals surface area contributed by atoms with Gasteiger partial charge in [0.1, 0.15) is 0 Å². The second-order valence-corrected chi connectivity index (χ2v) is 9.30. The van der Waals surface area contributed by atoms with Crippen LogP contribution in [0.5, 0.6) is 0 Å². The lowest BCUT2D eigenvalue weighted by Gasteiger charge is -2.30. The summed E-state index contributed by atoms with van der Waals surface area (Å²) in [5.74, 6) is -0.984. The normalized spacial score (nSPS) is 14.2. The number of carbonyl (C=O) groups excluding carboxylic acids is 2. The Balaban J connectivity index is 1.42. The van der Waals surface area contributed by atoms with Crippen molar-refractivity contribution >= 4 is 40.1 Å². The molecule has 0 aliphatic carbocycles. The van der Waals surface area contributed by atoms with Crippen molar-refractivity contribution < 1.29 is 14.3 Å². The lowest BCUT2D eigenvalue weighted by molar-refractivity contribution is -0.123. The number of halogens is 1. The first-order valence-electron chi connectivity index (χ1n) is 11.9. The van der Waals surface area contributed by atoms with E-state index < -0.39 is 18.0 Å². The van der Waals surface area contributed by atoms with Crippen LogP contribution in [-0.2, 0) is 29.0 Å². The van der Waals surface area contributed by atoms with Gasteiger partial charge in [-0.1, -0.05) is 72.3 Å². The Morgan fingerprint density at radius 1 is 1.03 bits per heavy atom. The van der Waals surface area contributed by atoms with Crippen LogP contribution in [0, 0.1) is 0 Å². The molecule has 1 amide bonds. The van der Waals surface area contributed by atoms with Gasteiger partial charge in [0.2, 0.25) is 0 Å². The predicted octanol–water partition coefficient (Wildman–Crippen LogP) is 5.63. The van der Waals surface area contributed by atoms with Crippen molar-refractivity contribution in [2.75, 3.05) is 11.9 Å². The summed E-state index contributed by atoms with van der Waals surface area (Å²) in [5.41, 5.74) is 4.66. The van der Waals surface area contributed by atoms with Crippen molar-refractivity contribution in [2.45, 2.75) is 32.5 Å². The molecule has 1 aliphatic heterocycles. The van der Waals surface area contributed by atoms with E-state index >= 15 is 0 Å². The number of aromatic nitrogens is 1. The molecular formula is C29H26ClN3O3. The topological polar surface area (TPSA) is 71.5 Å². The summed E-state index contributed by atoms with van der Waals surface area (Å²) in [5, 5.41) is 3.87. The lowest BCUT2D eigenvalue weighted by atomic mass is 9.95. The van der Waals surface area contributed by atoms with Crippen molar-refractivity contribution in [3.05, 3.63) is 106 Å². The molecular weight excluding hydrogens is 474 g/mol. The highest BCUT2D eigenvalue weighted by molar-refractivity contribution is 6.33. The number of anilines is 1. The summed E-state index contributed by atoms with van der Waals surface area (Å²) in [7, 11) is 0. The fraction of sp³-hybridized carbons (Fsp3) is 0.207. The fourth-order valence-electron chi connectivity index (χ4n) is 4.53. The van der Waals surface area contributed by atoms with Gasteiger partial charge in [0.15, 0.2) is 6.10 Å². The van der Waals surface area contributed by atoms with Crippen LogP contribution in [0.3, 0.4) is 0 Å². The number of amides is 1. The van der Waals surface area contributed by atoms with Gasteiger partial charge in [0.25, 0.3) is 5.91 Å². The first kappa shape index (κ1) is 24.0. The van der Waals surface area contributed by atoms with Crippen molar-refractivity contribution in [2.24, 2.45) is 0 Å². The number of esters is 1. The van der Waals surface area contributed by atoms with E-state index in [1.807, 2.05) is 42.5 Å². The fourth-order valence-corrected chi connectivity index (χ4v) is 4.71. The van der Waals surface area contributed by atoms with E-state index in [4.69, 9.17) is 21.3 Å². The van der Waals surface area contributed by atoms with Gasteiger partial charge in [0.05, 0.1) is 21.8 Å². The highest BCUT2D eigenvalue weighted by atomic mass is 35.5. The molecule has 2 heterocycles. The van der Waals surface area contributed by atoms with E-state index in [0.29, 0.717) is 22.8 Å². The Morgan fingerprint density at radius 2 is 1.75 bits per heavy atom. The number of nitrogens with zero attached hydrogens (tertiary/aromatic N) is 2. The third-order valence-corrected chi connectivity index (χ3v) is 6.69. The van der Waals surface area contributed by atoms with Crippen LogP contribution in [0.25, 0.3) is 10.9 Å². The summed E-state index contributed by atoms with van der Waals surface area (Å²) < 4.78 is 5.70. The number of para-hydroxylation sites is 2. The van der Waals surface area contributed by atoms with Crippen LogP contribution in [0.2, 0.25) is 5.02 Å². The Bertz CT molecular complexity index is 1420. The maximum absolute atomic E-state index is 13.6. The van der Waals surface area contributed by atoms with E-state index in [0.717, 1.165) is 41.7 Å². The summed E-state index contributed by atoms with van der Waals surface area (Å²) in [6.07, 6.45) is -0.282. The van der Waals surface area contributed by atoms with Crippen molar-refractivity contribution in [3.63, 3.8) is 0 Å². The van der Waals surface area contributed by atoms with Gasteiger partial charge in [-0.15, -0.1) is 0 Å². The molecule has 5 rings (SSSR count). The molecule has 1 aromatic heterocycles. The molecule has 182 valence electrons. The smallest absolute Gasteiger partial charge is 0.339 e. The van der Waals surface area contributed by atoms with Crippen LogP contribution in [0.1, 0.15) is 34.1 Å². The number of hydrogen-bond donors (Lipinski definition) is 1. The standard InChI is InChI=1S/C29H26ClN3O3/c1-19(28(34)32-26-14-8-6-12-23(26)30)36-29(35)27-21-11-5-7-13-24(21)31-25-15-16-33(18-22(25)27)17-20-9-3-2-4-10-20/h2-14,19H,15-18H2,1H3,(H,32,34). The average Bonchev–Trinajstić information content (AvgIpc) is 2.89. The number of hydrogen-bond acceptors (Lipinski definition) is 5. The second-order valence-electron chi connectivity index (χ2n) is 8.89. The van der Waals surface area contributed by atoms with Gasteiger partial charge in [-0.25, -0.2) is 4.79 Å². The molecule has 0 spiro atoms. The SMILES string of the molecule is CC(OC(=O)c1c2c(nc3ccccc13)CCN(Cc1ccccc1)C2)C(=O)Nc1ccccc1Cl. The van der Waals surface area contributed by atoms with Crippen molar-refractivity contribution in [1.29, 1.82) is 0 Å². The number of pyridine rings is 1. The zero-order valence-corrected chi connectivity index (χ0v) is 20.7. The average molecular weight is 500 g/mol. The molecule has 1 aliphatic rings. The minimum atomic E-state index is -1.01. The van der Waals surface area contributed by atoms with Crippen LogP contribution in [0.15, 0.2) is 78.9 Å². The zero-order chi connectivity index (χ0) is 25.1. The molecule has 0 bridgehead atoms. The highest BCUT2D eigenvalue weighted by Gasteiger charge is 2.29. The molecule has 7 heteroatoms. The van der Waals surface area contributed by atoms with E-state index in [-0.39, 0.29) is 0 Å². The van der Waals surface area contributed by atoms with Gasteiger partial charge in [-0.2, -0.15) is 0 Å². The minimum Gasteiger partial charge on any atom is -0.449 e.